The SMILES string of the molecule is NC(=O)C1=NN(c2ccc(S(=O)(=O)[O-])cc2)C(=O)C1N=Nc1cccc(S(=O)(=O)CCO)c1.[Na+]. The van der Waals surface area contributed by atoms with Gasteiger partial charge in [-0.3, -0.25) is 9.59 Å². The van der Waals surface area contributed by atoms with E-state index in [0.29, 0.717) is 0 Å². The standard InChI is InChI=1S/C18H17N5O8S2.Na/c19-17(25)15-16(21-20-11-2-1-3-14(10-11)32(27,28)9-8-24)18(26)23(22-15)12-4-6-13(7-5-12)33(29,30)31;/h1-7,10,16,24H,8-9H2,(H2,19,25)(H,29,30,31);/q;+1/p-1. The second kappa shape index (κ2) is 10.8. The zero-order valence-electron chi connectivity index (χ0n) is 17.6. The molecule has 16 heteroatoms. The number of amides is 2. The number of azo groups is 1. The van der Waals surface area contributed by atoms with Crippen molar-refractivity contribution in [2.75, 3.05) is 17.4 Å². The van der Waals surface area contributed by atoms with E-state index in [1.54, 1.807) is 0 Å². The van der Waals surface area contributed by atoms with E-state index in [9.17, 15) is 31.0 Å². The molecule has 1 aliphatic rings. The number of carbonyl (C=O) groups excluding carboxylic acids is 2. The normalized spacial score (nSPS) is 16.4. The number of hydrogen-bond acceptors (Lipinski definition) is 11. The molecule has 1 unspecified atom stereocenters. The van der Waals surface area contributed by atoms with Crippen LogP contribution in [-0.4, -0.2) is 62.4 Å². The maximum atomic E-state index is 12.8. The van der Waals surface area contributed by atoms with Gasteiger partial charge in [0.25, 0.3) is 11.8 Å². The minimum atomic E-state index is -4.70. The first kappa shape index (κ1) is 27.7. The Balaban J connectivity index is 0.00000408. The van der Waals surface area contributed by atoms with Gasteiger partial charge in [0, 0.05) is 0 Å². The second-order valence-electron chi connectivity index (χ2n) is 6.61. The number of anilines is 1. The molecular weight excluding hydrogens is 501 g/mol. The van der Waals surface area contributed by atoms with Crippen molar-refractivity contribution in [3.63, 3.8) is 0 Å². The minimum absolute atomic E-state index is 0. The van der Waals surface area contributed by atoms with Crippen molar-refractivity contribution in [3.8, 4) is 0 Å². The van der Waals surface area contributed by atoms with Crippen LogP contribution in [0.5, 0.6) is 0 Å². The molecule has 0 spiro atoms. The maximum absolute atomic E-state index is 12.8. The van der Waals surface area contributed by atoms with Crippen molar-refractivity contribution in [3.05, 3.63) is 48.5 Å². The number of aliphatic hydroxyl groups is 1. The Morgan fingerprint density at radius 3 is 2.32 bits per heavy atom. The Hall–Kier alpha value is -2.53. The molecule has 13 nitrogen and oxygen atoms in total. The second-order valence-corrected chi connectivity index (χ2v) is 10.1. The van der Waals surface area contributed by atoms with E-state index in [-0.39, 0.29) is 45.8 Å². The molecule has 3 rings (SSSR count). The quantitative estimate of drug-likeness (QED) is 0.205. The minimum Gasteiger partial charge on any atom is -0.744 e. The smallest absolute Gasteiger partial charge is 0.744 e. The predicted octanol–water partition coefficient (Wildman–Crippen LogP) is -3.30. The van der Waals surface area contributed by atoms with Crippen molar-refractivity contribution in [1.29, 1.82) is 0 Å². The van der Waals surface area contributed by atoms with Crippen molar-refractivity contribution in [1.82, 2.24) is 0 Å². The summed E-state index contributed by atoms with van der Waals surface area (Å²) >= 11 is 0. The van der Waals surface area contributed by atoms with Crippen molar-refractivity contribution >= 4 is 48.9 Å². The van der Waals surface area contributed by atoms with Gasteiger partial charge in [0.05, 0.1) is 33.5 Å². The summed E-state index contributed by atoms with van der Waals surface area (Å²) in [5.74, 6) is -2.39. The molecule has 2 aromatic rings. The van der Waals surface area contributed by atoms with Crippen LogP contribution in [0.25, 0.3) is 0 Å². The monoisotopic (exact) mass is 517 g/mol. The molecule has 0 fully saturated rings. The number of hydrogen-bond donors (Lipinski definition) is 2. The van der Waals surface area contributed by atoms with Crippen molar-refractivity contribution in [2.24, 2.45) is 21.1 Å². The number of sulfone groups is 1. The number of hydrazone groups is 1. The predicted molar refractivity (Wildman–Crippen MR) is 112 cm³/mol. The van der Waals surface area contributed by atoms with Gasteiger partial charge < -0.3 is 15.4 Å². The van der Waals surface area contributed by atoms with Gasteiger partial charge in [-0.2, -0.15) is 20.3 Å². The van der Waals surface area contributed by atoms with Gasteiger partial charge in [-0.25, -0.2) is 16.8 Å². The molecule has 0 radical (unpaired) electrons. The van der Waals surface area contributed by atoms with Crippen LogP contribution in [0.2, 0.25) is 0 Å². The summed E-state index contributed by atoms with van der Waals surface area (Å²) in [5.41, 5.74) is 4.92. The van der Waals surface area contributed by atoms with E-state index < -0.39 is 60.8 Å². The molecule has 1 heterocycles. The first-order chi connectivity index (χ1) is 15.4. The van der Waals surface area contributed by atoms with Gasteiger partial charge in [-0.05, 0) is 42.5 Å². The number of nitrogens with zero attached hydrogens (tertiary/aromatic N) is 4. The molecule has 1 aliphatic heterocycles. The molecule has 0 aromatic heterocycles. The van der Waals surface area contributed by atoms with Crippen LogP contribution in [0.4, 0.5) is 11.4 Å². The number of benzene rings is 2. The van der Waals surface area contributed by atoms with Crippen LogP contribution in [0.15, 0.2) is 73.7 Å². The van der Waals surface area contributed by atoms with Crippen molar-refractivity contribution < 1.29 is 65.6 Å². The van der Waals surface area contributed by atoms with Gasteiger partial charge in [0.1, 0.15) is 10.1 Å². The number of nitrogens with two attached hydrogens (primary N) is 1. The Morgan fingerprint density at radius 2 is 1.76 bits per heavy atom. The van der Waals surface area contributed by atoms with Crippen LogP contribution < -0.4 is 40.3 Å². The largest absolute Gasteiger partial charge is 1.00 e. The Kier molecular flexibility index (Phi) is 8.81. The molecule has 1 atom stereocenters. The molecule has 0 aliphatic carbocycles. The topological polar surface area (TPSA) is 212 Å². The molecule has 0 bridgehead atoms. The van der Waals surface area contributed by atoms with E-state index in [0.717, 1.165) is 29.3 Å². The number of aliphatic hydroxyl groups excluding tert-OH is 1. The number of carbonyl (C=O) groups is 2. The molecule has 0 saturated heterocycles. The zero-order chi connectivity index (χ0) is 24.4. The average molecular weight is 517 g/mol. The molecule has 2 amide bonds. The fraction of sp³-hybridized carbons (Fsp3) is 0.167. The zero-order valence-corrected chi connectivity index (χ0v) is 21.2. The summed E-state index contributed by atoms with van der Waals surface area (Å²) < 4.78 is 57.4. The Morgan fingerprint density at radius 1 is 1.12 bits per heavy atom. The molecule has 3 N–H and O–H groups in total. The Bertz CT molecular complexity index is 1380. The summed E-state index contributed by atoms with van der Waals surface area (Å²) in [5, 5.41) is 21.1. The van der Waals surface area contributed by atoms with Crippen LogP contribution in [0.1, 0.15) is 0 Å². The number of primary amides is 1. The van der Waals surface area contributed by atoms with Crippen LogP contribution in [0, 0.1) is 0 Å². The summed E-state index contributed by atoms with van der Waals surface area (Å²) in [6, 6.07) is 7.94. The van der Waals surface area contributed by atoms with Gasteiger partial charge in [-0.1, -0.05) is 6.07 Å². The fourth-order valence-electron chi connectivity index (χ4n) is 2.77. The molecule has 2 aromatic carbocycles. The summed E-state index contributed by atoms with van der Waals surface area (Å²) in [4.78, 5) is 23.9. The summed E-state index contributed by atoms with van der Waals surface area (Å²) in [7, 11) is -8.46. The molecule has 174 valence electrons. The van der Waals surface area contributed by atoms with E-state index in [1.165, 1.54) is 24.3 Å². The summed E-state index contributed by atoms with van der Waals surface area (Å²) in [6.07, 6.45) is 0. The van der Waals surface area contributed by atoms with Gasteiger partial charge in [0.15, 0.2) is 15.5 Å². The van der Waals surface area contributed by atoms with Crippen LogP contribution in [-0.2, 0) is 29.5 Å². The van der Waals surface area contributed by atoms with E-state index in [2.05, 4.69) is 15.3 Å². The first-order valence-electron chi connectivity index (χ1n) is 9.07. The van der Waals surface area contributed by atoms with Crippen molar-refractivity contribution in [2.45, 2.75) is 15.8 Å². The fourth-order valence-corrected chi connectivity index (χ4v) is 4.30. The third-order valence-electron chi connectivity index (χ3n) is 4.36. The van der Waals surface area contributed by atoms with Gasteiger partial charge in [0.2, 0.25) is 6.04 Å². The van der Waals surface area contributed by atoms with E-state index in [1.807, 2.05) is 0 Å². The van der Waals surface area contributed by atoms with E-state index in [4.69, 9.17) is 10.8 Å². The van der Waals surface area contributed by atoms with E-state index >= 15 is 0 Å². The molecule has 34 heavy (non-hydrogen) atoms. The molecular formula is C18H16N5NaO8S2. The average Bonchev–Trinajstić information content (AvgIpc) is 3.08. The number of rotatable bonds is 8. The van der Waals surface area contributed by atoms with Crippen LogP contribution in [0.3, 0.4) is 0 Å². The van der Waals surface area contributed by atoms with Gasteiger partial charge in [-0.15, -0.1) is 0 Å². The third-order valence-corrected chi connectivity index (χ3v) is 6.90. The third kappa shape index (κ3) is 6.12. The Labute approximate surface area is 216 Å². The van der Waals surface area contributed by atoms with Crippen LogP contribution >= 0.6 is 0 Å². The molecule has 0 saturated carbocycles. The maximum Gasteiger partial charge on any atom is 1.00 e. The summed E-state index contributed by atoms with van der Waals surface area (Å²) in [6.45, 7) is -0.569. The first-order valence-corrected chi connectivity index (χ1v) is 12.1. The van der Waals surface area contributed by atoms with Gasteiger partial charge >= 0.3 is 29.6 Å².